The van der Waals surface area contributed by atoms with Crippen molar-refractivity contribution < 1.29 is 0 Å². The van der Waals surface area contributed by atoms with Crippen LogP contribution in [0.1, 0.15) is 22.8 Å². The SMILES string of the molecule is C1=Cc2nc1c(-c1ccccc1)c1ccc([nH]1)c(-c1ccccc1)c1nc(c(-c3ccccc3)c3sc(cc3-c3ccccc3)c2-c2ccccc2)C=C1. The number of nitrogens with one attached hydrogen (secondary N) is 1. The number of thiophene rings is 1. The van der Waals surface area contributed by atoms with E-state index >= 15 is 0 Å². The normalized spacial score (nSPS) is 11.9. The van der Waals surface area contributed by atoms with Crippen molar-refractivity contribution in [2.24, 2.45) is 0 Å². The maximum Gasteiger partial charge on any atom is 0.0737 e. The molecule has 0 amide bonds. The van der Waals surface area contributed by atoms with Gasteiger partial charge in [0.1, 0.15) is 0 Å². The van der Waals surface area contributed by atoms with Crippen molar-refractivity contribution in [3.05, 3.63) is 193 Å². The van der Waals surface area contributed by atoms with E-state index in [-0.39, 0.29) is 0 Å². The average molecular weight is 708 g/mol. The summed E-state index contributed by atoms with van der Waals surface area (Å²) in [6.07, 6.45) is 8.70. The number of hydrogen-bond acceptors (Lipinski definition) is 3. The molecule has 3 nitrogen and oxygen atoms in total. The summed E-state index contributed by atoms with van der Waals surface area (Å²) < 4.78 is 2.31. The smallest absolute Gasteiger partial charge is 0.0737 e. The molecule has 0 atom stereocenters. The number of nitrogens with zero attached hydrogens (tertiary/aromatic N) is 2. The van der Waals surface area contributed by atoms with Gasteiger partial charge in [0.15, 0.2) is 0 Å². The molecule has 3 aromatic heterocycles. The summed E-state index contributed by atoms with van der Waals surface area (Å²) in [7, 11) is 0. The summed E-state index contributed by atoms with van der Waals surface area (Å²) in [4.78, 5) is 14.8. The Morgan fingerprint density at radius 2 is 0.704 bits per heavy atom. The van der Waals surface area contributed by atoms with Crippen LogP contribution in [0.2, 0.25) is 0 Å². The number of hydrogen-bond donors (Lipinski definition) is 1. The van der Waals surface area contributed by atoms with Crippen LogP contribution in [0, 0.1) is 0 Å². The lowest BCUT2D eigenvalue weighted by molar-refractivity contribution is 1.32. The summed E-state index contributed by atoms with van der Waals surface area (Å²) in [5, 5.41) is 0. The van der Waals surface area contributed by atoms with Gasteiger partial charge < -0.3 is 4.98 Å². The Morgan fingerprint density at radius 1 is 0.352 bits per heavy atom. The fourth-order valence-corrected chi connectivity index (χ4v) is 8.95. The number of rotatable bonds is 5. The van der Waals surface area contributed by atoms with Gasteiger partial charge in [-0.25, -0.2) is 9.97 Å². The van der Waals surface area contributed by atoms with Gasteiger partial charge in [0.05, 0.1) is 22.8 Å². The summed E-state index contributed by atoms with van der Waals surface area (Å²) in [5.41, 5.74) is 16.7. The van der Waals surface area contributed by atoms with Gasteiger partial charge in [0.2, 0.25) is 0 Å². The van der Waals surface area contributed by atoms with Gasteiger partial charge in [0.25, 0.3) is 0 Å². The quantitative estimate of drug-likeness (QED) is 0.193. The van der Waals surface area contributed by atoms with Crippen molar-refractivity contribution in [3.8, 4) is 55.6 Å². The second kappa shape index (κ2) is 13.6. The van der Waals surface area contributed by atoms with Gasteiger partial charge in [-0.05, 0) is 70.3 Å². The zero-order valence-corrected chi connectivity index (χ0v) is 30.1. The van der Waals surface area contributed by atoms with E-state index in [2.05, 4.69) is 199 Å². The molecule has 1 N–H and O–H groups in total. The Kier molecular flexibility index (Phi) is 8.01. The largest absolute Gasteiger partial charge is 0.354 e. The van der Waals surface area contributed by atoms with E-state index in [4.69, 9.17) is 9.97 Å². The van der Waals surface area contributed by atoms with Crippen molar-refractivity contribution in [1.29, 1.82) is 0 Å². The van der Waals surface area contributed by atoms with Crippen molar-refractivity contribution in [2.45, 2.75) is 0 Å². The van der Waals surface area contributed by atoms with E-state index in [1.54, 1.807) is 0 Å². The molecule has 0 radical (unpaired) electrons. The van der Waals surface area contributed by atoms with Crippen LogP contribution >= 0.6 is 11.3 Å². The summed E-state index contributed by atoms with van der Waals surface area (Å²) in [5.74, 6) is 0. The van der Waals surface area contributed by atoms with Crippen LogP contribution < -0.4 is 0 Å². The van der Waals surface area contributed by atoms with Gasteiger partial charge in [0, 0.05) is 48.3 Å². The molecule has 2 aliphatic rings. The minimum atomic E-state index is 0.912. The van der Waals surface area contributed by atoms with E-state index in [0.717, 1.165) is 88.6 Å². The maximum atomic E-state index is 5.51. The fraction of sp³-hybridized carbons (Fsp3) is 0. The second-order valence-corrected chi connectivity index (χ2v) is 14.5. The van der Waals surface area contributed by atoms with E-state index in [1.165, 1.54) is 10.3 Å². The first-order chi connectivity index (χ1) is 26.8. The summed E-state index contributed by atoms with van der Waals surface area (Å²) >= 11 is 1.81. The molecule has 254 valence electrons. The van der Waals surface area contributed by atoms with Crippen LogP contribution in [0.25, 0.3) is 100 Å². The molecular weight excluding hydrogens is 675 g/mol. The molecule has 0 fully saturated rings. The lowest BCUT2D eigenvalue weighted by Gasteiger charge is -2.07. The van der Waals surface area contributed by atoms with Crippen molar-refractivity contribution in [2.75, 3.05) is 0 Å². The Morgan fingerprint density at radius 3 is 1.15 bits per heavy atom. The summed E-state index contributed by atoms with van der Waals surface area (Å²) in [6.45, 7) is 0. The molecule has 0 unspecified atom stereocenters. The van der Waals surface area contributed by atoms with Crippen LogP contribution in [0.5, 0.6) is 0 Å². The van der Waals surface area contributed by atoms with Crippen LogP contribution in [-0.4, -0.2) is 15.0 Å². The summed E-state index contributed by atoms with van der Waals surface area (Å²) in [6, 6.07) is 59.9. The molecule has 10 rings (SSSR count). The monoisotopic (exact) mass is 707 g/mol. The second-order valence-electron chi connectivity index (χ2n) is 13.4. The minimum absolute atomic E-state index is 0.912. The van der Waals surface area contributed by atoms with Gasteiger partial charge in [-0.2, -0.15) is 0 Å². The van der Waals surface area contributed by atoms with Crippen molar-refractivity contribution >= 4 is 56.1 Å². The molecule has 2 aliphatic heterocycles. The molecule has 5 aromatic carbocycles. The van der Waals surface area contributed by atoms with E-state index < -0.39 is 0 Å². The Balaban J connectivity index is 1.45. The average Bonchev–Trinajstić information content (AvgIpc) is 4.07. The van der Waals surface area contributed by atoms with Crippen molar-refractivity contribution in [3.63, 3.8) is 0 Å². The molecule has 0 saturated carbocycles. The minimum Gasteiger partial charge on any atom is -0.354 e. The van der Waals surface area contributed by atoms with E-state index in [9.17, 15) is 0 Å². The molecular formula is C50H33N3S. The molecule has 8 aromatic rings. The number of H-pyrrole nitrogens is 1. The van der Waals surface area contributed by atoms with Crippen LogP contribution in [0.3, 0.4) is 0 Å². The first-order valence-electron chi connectivity index (χ1n) is 18.2. The standard InChI is InChI=1S/C50H33N3S/c1-6-16-33(17-7-1)38-32-45-48(36-22-12-4-13-23-36)43-30-28-41(52-43)46(34-18-8-2-9-19-34)39-26-27-40(51-39)47(35-20-10-3-11-21-35)42-29-31-44(53-42)49(50(38)54-45)37-24-14-5-15-25-37/h1-32,51H. The van der Waals surface area contributed by atoms with Gasteiger partial charge >= 0.3 is 0 Å². The topological polar surface area (TPSA) is 41.6 Å². The van der Waals surface area contributed by atoms with Crippen LogP contribution in [-0.2, 0) is 0 Å². The molecule has 54 heavy (non-hydrogen) atoms. The van der Waals surface area contributed by atoms with Gasteiger partial charge in [-0.1, -0.05) is 152 Å². The number of aromatic amines is 1. The lowest BCUT2D eigenvalue weighted by Crippen LogP contribution is -1.88. The predicted octanol–water partition coefficient (Wildman–Crippen LogP) is 13.7. The third kappa shape index (κ3) is 5.70. The Bertz CT molecular complexity index is 2890. The highest BCUT2D eigenvalue weighted by molar-refractivity contribution is 7.25. The highest BCUT2D eigenvalue weighted by Crippen LogP contribution is 2.45. The predicted molar refractivity (Wildman–Crippen MR) is 230 cm³/mol. The van der Waals surface area contributed by atoms with Crippen LogP contribution in [0.4, 0.5) is 0 Å². The Labute approximate surface area is 318 Å². The van der Waals surface area contributed by atoms with Crippen molar-refractivity contribution in [1.82, 2.24) is 15.0 Å². The first kappa shape index (κ1) is 31.8. The Hall–Kier alpha value is -6.88. The molecule has 5 heterocycles. The van der Waals surface area contributed by atoms with Crippen LogP contribution in [0.15, 0.2) is 170 Å². The van der Waals surface area contributed by atoms with Gasteiger partial charge in [-0.15, -0.1) is 11.3 Å². The fourth-order valence-electron chi connectivity index (χ4n) is 7.61. The first-order valence-corrected chi connectivity index (χ1v) is 19.0. The molecule has 0 spiro atoms. The highest BCUT2D eigenvalue weighted by atomic mass is 32.1. The number of aromatic nitrogens is 3. The third-order valence-corrected chi connectivity index (χ3v) is 11.2. The zero-order chi connectivity index (χ0) is 35.8. The zero-order valence-electron chi connectivity index (χ0n) is 29.3. The third-order valence-electron chi connectivity index (χ3n) is 10.1. The maximum absolute atomic E-state index is 5.51. The molecule has 0 aliphatic carbocycles. The number of benzene rings is 5. The number of fused-ring (bicyclic) bond motifs is 8. The van der Waals surface area contributed by atoms with Gasteiger partial charge in [-0.3, -0.25) is 0 Å². The molecule has 8 bridgehead atoms. The lowest BCUT2D eigenvalue weighted by atomic mass is 9.99. The highest BCUT2D eigenvalue weighted by Gasteiger charge is 2.21. The molecule has 0 saturated heterocycles. The molecule has 4 heteroatoms. The van der Waals surface area contributed by atoms with E-state index in [0.29, 0.717) is 0 Å². The van der Waals surface area contributed by atoms with E-state index in [1.807, 2.05) is 11.3 Å².